The van der Waals surface area contributed by atoms with Crippen molar-refractivity contribution in [3.8, 4) is 0 Å². The van der Waals surface area contributed by atoms with Crippen molar-refractivity contribution in [1.29, 1.82) is 0 Å². The molecule has 0 aromatic carbocycles. The highest BCUT2D eigenvalue weighted by Crippen LogP contribution is 2.20. The fourth-order valence-corrected chi connectivity index (χ4v) is 1.98. The molecule has 1 heterocycles. The van der Waals surface area contributed by atoms with Gasteiger partial charge in [-0.05, 0) is 46.0 Å². The highest BCUT2D eigenvalue weighted by atomic mass is 16.6. The number of alkyl carbamates (subject to hydrolysis) is 1. The first-order valence-electron chi connectivity index (χ1n) is 6.56. The van der Waals surface area contributed by atoms with Crippen molar-refractivity contribution in [3.05, 3.63) is 0 Å². The summed E-state index contributed by atoms with van der Waals surface area (Å²) in [6, 6.07) is -1.02. The number of nitrogens with one attached hydrogen (secondary N) is 1. The number of carboxylic acids is 1. The van der Waals surface area contributed by atoms with Crippen LogP contribution < -0.4 is 10.4 Å². The lowest BCUT2D eigenvalue weighted by Crippen LogP contribution is -2.50. The van der Waals surface area contributed by atoms with Crippen LogP contribution in [0.25, 0.3) is 0 Å². The quantitative estimate of drug-likeness (QED) is 0.802. The van der Waals surface area contributed by atoms with Crippen LogP contribution >= 0.6 is 0 Å². The van der Waals surface area contributed by atoms with E-state index in [1.807, 2.05) is 0 Å². The maximum absolute atomic E-state index is 11.6. The van der Waals surface area contributed by atoms with E-state index in [4.69, 9.17) is 9.47 Å². The Bertz CT molecular complexity index is 317. The number of carbonyl (C=O) groups is 2. The van der Waals surface area contributed by atoms with Gasteiger partial charge in [0.15, 0.2) is 0 Å². The van der Waals surface area contributed by atoms with Crippen molar-refractivity contribution >= 4 is 12.1 Å². The highest BCUT2D eigenvalue weighted by Gasteiger charge is 2.24. The molecule has 0 aromatic rings. The number of aliphatic carboxylic acids is 1. The normalized spacial score (nSPS) is 18.7. The molecule has 0 saturated carbocycles. The molecule has 6 heteroatoms. The lowest BCUT2D eigenvalue weighted by Gasteiger charge is -2.28. The molecule has 0 spiro atoms. The lowest BCUT2D eigenvalue weighted by atomic mass is 9.92. The minimum Gasteiger partial charge on any atom is -0.548 e. The number of rotatable bonds is 4. The largest absolute Gasteiger partial charge is 0.548 e. The molecule has 0 unspecified atom stereocenters. The van der Waals surface area contributed by atoms with Gasteiger partial charge in [0.25, 0.3) is 0 Å². The summed E-state index contributed by atoms with van der Waals surface area (Å²) < 4.78 is 10.3. The zero-order valence-electron chi connectivity index (χ0n) is 11.7. The SMILES string of the molecule is CC(C)(C)OC(=O)N[C@H](CC1CCOCC1)C(=O)[O-]. The second-order valence-corrected chi connectivity index (χ2v) is 5.81. The Balaban J connectivity index is 2.48. The molecular formula is C13H22NO5-. The van der Waals surface area contributed by atoms with E-state index in [9.17, 15) is 14.7 Å². The Morgan fingerprint density at radius 1 is 1.37 bits per heavy atom. The molecule has 1 aliphatic heterocycles. The maximum Gasteiger partial charge on any atom is 0.408 e. The van der Waals surface area contributed by atoms with Gasteiger partial charge in [-0.3, -0.25) is 0 Å². The summed E-state index contributed by atoms with van der Waals surface area (Å²) in [5.74, 6) is -1.05. The van der Waals surface area contributed by atoms with Crippen LogP contribution in [0.15, 0.2) is 0 Å². The van der Waals surface area contributed by atoms with Crippen LogP contribution in [0.5, 0.6) is 0 Å². The number of carboxylic acid groups (broad SMARTS) is 1. The van der Waals surface area contributed by atoms with E-state index in [2.05, 4.69) is 5.32 Å². The number of ether oxygens (including phenoxy) is 2. The molecule has 19 heavy (non-hydrogen) atoms. The van der Waals surface area contributed by atoms with Gasteiger partial charge in [-0.15, -0.1) is 0 Å². The third-order valence-electron chi connectivity index (χ3n) is 2.89. The Morgan fingerprint density at radius 3 is 2.42 bits per heavy atom. The number of carbonyl (C=O) groups excluding carboxylic acids is 2. The predicted molar refractivity (Wildman–Crippen MR) is 66.3 cm³/mol. The Labute approximate surface area is 113 Å². The van der Waals surface area contributed by atoms with E-state index in [0.29, 0.717) is 19.6 Å². The first kappa shape index (κ1) is 15.8. The van der Waals surface area contributed by atoms with Gasteiger partial charge in [-0.2, -0.15) is 0 Å². The number of amides is 1. The summed E-state index contributed by atoms with van der Waals surface area (Å²) in [7, 11) is 0. The zero-order chi connectivity index (χ0) is 14.5. The molecule has 1 saturated heterocycles. The van der Waals surface area contributed by atoms with E-state index in [0.717, 1.165) is 12.8 Å². The Morgan fingerprint density at radius 2 is 1.95 bits per heavy atom. The third-order valence-corrected chi connectivity index (χ3v) is 2.89. The fourth-order valence-electron chi connectivity index (χ4n) is 1.98. The van der Waals surface area contributed by atoms with Gasteiger partial charge in [0.2, 0.25) is 0 Å². The first-order valence-corrected chi connectivity index (χ1v) is 6.56. The van der Waals surface area contributed by atoms with Crippen molar-refractivity contribution in [2.75, 3.05) is 13.2 Å². The molecule has 1 rings (SSSR count). The van der Waals surface area contributed by atoms with Gasteiger partial charge < -0.3 is 24.7 Å². The van der Waals surface area contributed by atoms with Gasteiger partial charge in [0.05, 0.1) is 12.0 Å². The topological polar surface area (TPSA) is 87.7 Å². The van der Waals surface area contributed by atoms with Crippen LogP contribution in [0, 0.1) is 5.92 Å². The van der Waals surface area contributed by atoms with Gasteiger partial charge in [0.1, 0.15) is 5.60 Å². The van der Waals surface area contributed by atoms with Crippen molar-refractivity contribution in [3.63, 3.8) is 0 Å². The molecule has 1 fully saturated rings. The van der Waals surface area contributed by atoms with E-state index in [-0.39, 0.29) is 5.92 Å². The fraction of sp³-hybridized carbons (Fsp3) is 0.846. The minimum absolute atomic E-state index is 0.228. The Hall–Kier alpha value is -1.30. The van der Waals surface area contributed by atoms with Gasteiger partial charge in [-0.1, -0.05) is 0 Å². The second kappa shape index (κ2) is 6.75. The monoisotopic (exact) mass is 272 g/mol. The van der Waals surface area contributed by atoms with E-state index < -0.39 is 23.7 Å². The predicted octanol–water partition coefficient (Wildman–Crippen LogP) is 0.446. The molecule has 0 aromatic heterocycles. The van der Waals surface area contributed by atoms with Crippen LogP contribution in [-0.2, 0) is 14.3 Å². The van der Waals surface area contributed by atoms with E-state index >= 15 is 0 Å². The zero-order valence-corrected chi connectivity index (χ0v) is 11.7. The Kier molecular flexibility index (Phi) is 5.60. The van der Waals surface area contributed by atoms with Crippen molar-refractivity contribution in [1.82, 2.24) is 5.32 Å². The summed E-state index contributed by atoms with van der Waals surface area (Å²) in [6.07, 6.45) is 1.23. The van der Waals surface area contributed by atoms with Gasteiger partial charge in [-0.25, -0.2) is 4.79 Å². The standard InChI is InChI=1S/C13H23NO5/c1-13(2,3)19-12(17)14-10(11(15)16)8-9-4-6-18-7-5-9/h9-10H,4-8H2,1-3H3,(H,14,17)(H,15,16)/p-1/t10-/m1/s1. The molecule has 1 N–H and O–H groups in total. The number of hydrogen-bond acceptors (Lipinski definition) is 5. The van der Waals surface area contributed by atoms with E-state index in [1.54, 1.807) is 20.8 Å². The van der Waals surface area contributed by atoms with Crippen LogP contribution in [0.2, 0.25) is 0 Å². The van der Waals surface area contributed by atoms with Crippen LogP contribution in [0.3, 0.4) is 0 Å². The molecule has 1 atom stereocenters. The molecule has 0 radical (unpaired) electrons. The second-order valence-electron chi connectivity index (χ2n) is 5.81. The lowest BCUT2D eigenvalue weighted by molar-refractivity contribution is -0.308. The summed E-state index contributed by atoms with van der Waals surface area (Å²) in [6.45, 7) is 6.44. The molecule has 1 aliphatic rings. The van der Waals surface area contributed by atoms with Crippen molar-refractivity contribution in [2.45, 2.75) is 51.7 Å². The maximum atomic E-state index is 11.6. The molecule has 1 amide bonds. The average Bonchev–Trinajstić information content (AvgIpc) is 2.26. The van der Waals surface area contributed by atoms with Crippen LogP contribution in [0.4, 0.5) is 4.79 Å². The van der Waals surface area contributed by atoms with Crippen molar-refractivity contribution < 1.29 is 24.2 Å². The van der Waals surface area contributed by atoms with Crippen LogP contribution in [-0.4, -0.2) is 36.9 Å². The van der Waals surface area contributed by atoms with Gasteiger partial charge >= 0.3 is 6.09 Å². The third kappa shape index (κ3) is 6.42. The summed E-state index contributed by atoms with van der Waals surface area (Å²) in [4.78, 5) is 22.6. The smallest absolute Gasteiger partial charge is 0.408 e. The first-order chi connectivity index (χ1) is 8.78. The van der Waals surface area contributed by atoms with Gasteiger partial charge in [0, 0.05) is 13.2 Å². The highest BCUT2D eigenvalue weighted by molar-refractivity contribution is 5.78. The summed E-state index contributed by atoms with van der Waals surface area (Å²) in [5, 5.41) is 13.4. The molecule has 110 valence electrons. The summed E-state index contributed by atoms with van der Waals surface area (Å²) in [5.41, 5.74) is -0.654. The molecule has 6 nitrogen and oxygen atoms in total. The average molecular weight is 272 g/mol. The molecular weight excluding hydrogens is 250 g/mol. The molecule has 0 aliphatic carbocycles. The molecule has 0 bridgehead atoms. The van der Waals surface area contributed by atoms with E-state index in [1.165, 1.54) is 0 Å². The number of hydrogen-bond donors (Lipinski definition) is 1. The van der Waals surface area contributed by atoms with Crippen LogP contribution in [0.1, 0.15) is 40.0 Å². The summed E-state index contributed by atoms with van der Waals surface area (Å²) >= 11 is 0. The van der Waals surface area contributed by atoms with Crippen molar-refractivity contribution in [2.24, 2.45) is 5.92 Å². The minimum atomic E-state index is -1.28.